The molecule has 3 aromatic carbocycles. The highest BCUT2D eigenvalue weighted by molar-refractivity contribution is 9.09. The van der Waals surface area contributed by atoms with Crippen LogP contribution >= 0.6 is 27.3 Å². The van der Waals surface area contributed by atoms with Crippen LogP contribution in [0.3, 0.4) is 0 Å². The molecule has 0 bridgehead atoms. The normalized spacial score (nSPS) is 16.5. The van der Waals surface area contributed by atoms with Crippen molar-refractivity contribution < 1.29 is 32.0 Å². The third-order valence-corrected chi connectivity index (χ3v) is 8.77. The van der Waals surface area contributed by atoms with E-state index < -0.39 is 35.6 Å². The van der Waals surface area contributed by atoms with Gasteiger partial charge >= 0.3 is 7.12 Å². The zero-order valence-corrected chi connectivity index (χ0v) is 25.2. The Morgan fingerprint density at radius 3 is 2.20 bits per heavy atom. The minimum atomic E-state index is -3.27. The Morgan fingerprint density at radius 1 is 0.925 bits per heavy atom. The Bertz CT molecular complexity index is 1520. The molecule has 0 unspecified atom stereocenters. The fourth-order valence-electron chi connectivity index (χ4n) is 4.45. The molecule has 0 saturated carbocycles. The second-order valence-electron chi connectivity index (χ2n) is 10.8. The molecule has 2 heterocycles. The lowest BCUT2D eigenvalue weighted by Crippen LogP contribution is -2.41. The highest BCUT2D eigenvalue weighted by atomic mass is 79.9. The second kappa shape index (κ2) is 10.7. The number of halogens is 4. The van der Waals surface area contributed by atoms with Crippen LogP contribution in [-0.2, 0) is 15.2 Å². The van der Waals surface area contributed by atoms with Gasteiger partial charge in [0.05, 0.1) is 22.7 Å². The molecule has 0 atom stereocenters. The van der Waals surface area contributed by atoms with Crippen molar-refractivity contribution in [2.24, 2.45) is 0 Å². The van der Waals surface area contributed by atoms with Crippen LogP contribution in [0.5, 0.6) is 17.2 Å². The number of rotatable bonds is 8. The van der Waals surface area contributed by atoms with E-state index in [1.807, 2.05) is 45.9 Å². The highest BCUT2D eigenvalue weighted by Gasteiger charge is 2.51. The summed E-state index contributed by atoms with van der Waals surface area (Å²) in [7, 11) is -0.585. The number of hydrogen-bond acceptors (Lipinski definition) is 5. The first-order chi connectivity index (χ1) is 18.8. The average Bonchev–Trinajstić information content (AvgIpc) is 3.35. The Kier molecular flexibility index (Phi) is 7.76. The molecule has 0 spiro atoms. The van der Waals surface area contributed by atoms with Gasteiger partial charge in [0.25, 0.3) is 5.92 Å². The number of benzene rings is 3. The number of thiophene rings is 1. The summed E-state index contributed by atoms with van der Waals surface area (Å²) in [5, 5.41) is 1.43. The third kappa shape index (κ3) is 5.64. The molecule has 1 aliphatic rings. The summed E-state index contributed by atoms with van der Waals surface area (Å²) in [6.07, 6.45) is 0. The standard InChI is InChI=1S/C30H29BBrF3O4S/c1-28(2)29(3,4)39-31(38-28)18-6-12-23-25(16-18)40-27(22-13-7-19(33)17-24(22)30(5,34)35)26(23)37-21-10-8-20(9-11-21)36-15-14-32/h6-13,16-17H,14-15H2,1-5H3. The SMILES string of the molecule is CC(F)(F)c1cc(F)ccc1-c1sc2cc(B3OC(C)(C)C(C)(C)O3)ccc2c1Oc1ccc(OCCBr)cc1. The first-order valence-electron chi connectivity index (χ1n) is 12.9. The van der Waals surface area contributed by atoms with Gasteiger partial charge in [-0.3, -0.25) is 0 Å². The van der Waals surface area contributed by atoms with E-state index in [2.05, 4.69) is 15.9 Å². The Morgan fingerprint density at radius 2 is 1.57 bits per heavy atom. The molecule has 210 valence electrons. The highest BCUT2D eigenvalue weighted by Crippen LogP contribution is 2.49. The van der Waals surface area contributed by atoms with E-state index in [4.69, 9.17) is 18.8 Å². The molecule has 4 aromatic rings. The van der Waals surface area contributed by atoms with Crippen molar-refractivity contribution in [2.45, 2.75) is 51.7 Å². The Labute approximate surface area is 244 Å². The van der Waals surface area contributed by atoms with Crippen LogP contribution in [0, 0.1) is 5.82 Å². The molecule has 40 heavy (non-hydrogen) atoms. The Balaban J connectivity index is 1.62. The van der Waals surface area contributed by atoms with Crippen LogP contribution in [0.25, 0.3) is 20.5 Å². The van der Waals surface area contributed by atoms with Crippen molar-refractivity contribution in [1.29, 1.82) is 0 Å². The van der Waals surface area contributed by atoms with Crippen LogP contribution in [0.4, 0.5) is 13.2 Å². The van der Waals surface area contributed by atoms with Gasteiger partial charge in [0.1, 0.15) is 17.3 Å². The van der Waals surface area contributed by atoms with Gasteiger partial charge in [-0.2, -0.15) is 0 Å². The maximum Gasteiger partial charge on any atom is 0.494 e. The zero-order valence-electron chi connectivity index (χ0n) is 22.8. The molecule has 0 N–H and O–H groups in total. The average molecular weight is 633 g/mol. The molecular formula is C30H29BBrF3O4S. The van der Waals surface area contributed by atoms with Crippen molar-refractivity contribution in [3.8, 4) is 27.7 Å². The molecular weight excluding hydrogens is 604 g/mol. The molecule has 10 heteroatoms. The lowest BCUT2D eigenvalue weighted by molar-refractivity contribution is 0.00578. The minimum absolute atomic E-state index is 0.208. The van der Waals surface area contributed by atoms with Crippen LogP contribution < -0.4 is 14.9 Å². The monoisotopic (exact) mass is 632 g/mol. The van der Waals surface area contributed by atoms with Crippen LogP contribution in [0.15, 0.2) is 60.7 Å². The molecule has 0 aliphatic carbocycles. The van der Waals surface area contributed by atoms with E-state index >= 15 is 0 Å². The van der Waals surface area contributed by atoms with E-state index in [-0.39, 0.29) is 5.56 Å². The van der Waals surface area contributed by atoms with Gasteiger partial charge in [0.2, 0.25) is 0 Å². The van der Waals surface area contributed by atoms with Crippen LogP contribution in [-0.4, -0.2) is 30.3 Å². The summed E-state index contributed by atoms with van der Waals surface area (Å²) in [6, 6.07) is 16.2. The first-order valence-corrected chi connectivity index (χ1v) is 14.8. The van der Waals surface area contributed by atoms with Crippen molar-refractivity contribution >= 4 is 49.9 Å². The fourth-order valence-corrected chi connectivity index (χ4v) is 5.83. The topological polar surface area (TPSA) is 36.9 Å². The smallest absolute Gasteiger partial charge is 0.493 e. The van der Waals surface area contributed by atoms with Crippen LogP contribution in [0.2, 0.25) is 0 Å². The maximum absolute atomic E-state index is 14.7. The molecule has 0 radical (unpaired) electrons. The van der Waals surface area contributed by atoms with E-state index in [0.717, 1.165) is 28.5 Å². The first kappa shape index (κ1) is 29.0. The zero-order chi connectivity index (χ0) is 28.9. The van der Waals surface area contributed by atoms with Gasteiger partial charge in [0.15, 0.2) is 5.75 Å². The van der Waals surface area contributed by atoms with Gasteiger partial charge in [-0.1, -0.05) is 34.1 Å². The fraction of sp³-hybridized carbons (Fsp3) is 0.333. The third-order valence-electron chi connectivity index (χ3n) is 7.28. The predicted molar refractivity (Wildman–Crippen MR) is 158 cm³/mol. The second-order valence-corrected chi connectivity index (χ2v) is 12.6. The van der Waals surface area contributed by atoms with Crippen LogP contribution in [0.1, 0.15) is 40.2 Å². The van der Waals surface area contributed by atoms with Crippen molar-refractivity contribution in [1.82, 2.24) is 0 Å². The maximum atomic E-state index is 14.7. The van der Waals surface area contributed by atoms with E-state index in [0.29, 0.717) is 34.1 Å². The van der Waals surface area contributed by atoms with E-state index in [9.17, 15) is 13.2 Å². The molecule has 0 amide bonds. The minimum Gasteiger partial charge on any atom is -0.493 e. The van der Waals surface area contributed by atoms with E-state index in [1.54, 1.807) is 24.3 Å². The van der Waals surface area contributed by atoms with Gasteiger partial charge < -0.3 is 18.8 Å². The van der Waals surface area contributed by atoms with Gasteiger partial charge in [0, 0.05) is 33.5 Å². The quantitative estimate of drug-likeness (QED) is 0.144. The van der Waals surface area contributed by atoms with Crippen molar-refractivity contribution in [3.05, 3.63) is 72.0 Å². The molecule has 1 fully saturated rings. The predicted octanol–water partition coefficient (Wildman–Crippen LogP) is 8.68. The lowest BCUT2D eigenvalue weighted by atomic mass is 9.79. The number of alkyl halides is 3. The van der Waals surface area contributed by atoms with Gasteiger partial charge in [-0.15, -0.1) is 11.3 Å². The Hall–Kier alpha value is -2.53. The number of ether oxygens (including phenoxy) is 2. The number of fused-ring (bicyclic) bond motifs is 1. The van der Waals surface area contributed by atoms with E-state index in [1.165, 1.54) is 23.5 Å². The summed E-state index contributed by atoms with van der Waals surface area (Å²) in [6.45, 7) is 9.22. The summed E-state index contributed by atoms with van der Waals surface area (Å²) in [5.74, 6) is -2.40. The summed E-state index contributed by atoms with van der Waals surface area (Å²) in [5.41, 5.74) is -0.421. The van der Waals surface area contributed by atoms with Gasteiger partial charge in [-0.25, -0.2) is 13.2 Å². The molecule has 5 rings (SSSR count). The van der Waals surface area contributed by atoms with Crippen molar-refractivity contribution in [3.63, 3.8) is 0 Å². The summed E-state index contributed by atoms with van der Waals surface area (Å²) < 4.78 is 68.7. The summed E-state index contributed by atoms with van der Waals surface area (Å²) >= 11 is 4.63. The number of hydrogen-bond donors (Lipinski definition) is 0. The van der Waals surface area contributed by atoms with Crippen molar-refractivity contribution in [2.75, 3.05) is 11.9 Å². The summed E-state index contributed by atoms with van der Waals surface area (Å²) in [4.78, 5) is 0.470. The van der Waals surface area contributed by atoms with Gasteiger partial charge in [-0.05, 0) is 75.6 Å². The molecule has 4 nitrogen and oxygen atoms in total. The largest absolute Gasteiger partial charge is 0.494 e. The molecule has 1 saturated heterocycles. The molecule has 1 aliphatic heterocycles. The lowest BCUT2D eigenvalue weighted by Gasteiger charge is -2.32. The molecule has 1 aromatic heterocycles.